The van der Waals surface area contributed by atoms with Crippen molar-refractivity contribution in [2.75, 3.05) is 11.4 Å². The minimum atomic E-state index is 0.235. The lowest BCUT2D eigenvalue weighted by Gasteiger charge is -2.27. The third-order valence-electron chi connectivity index (χ3n) is 8.80. The lowest BCUT2D eigenvalue weighted by Crippen LogP contribution is -2.18. The quantitative estimate of drug-likeness (QED) is 0.212. The molecule has 6 aromatic carbocycles. The van der Waals surface area contributed by atoms with Crippen molar-refractivity contribution in [3.8, 4) is 5.69 Å². The molecule has 206 valence electrons. The lowest BCUT2D eigenvalue weighted by molar-refractivity contribution is 0.953. The highest BCUT2D eigenvalue weighted by Gasteiger charge is 2.19. The Morgan fingerprint density at radius 3 is 2.23 bits per heavy atom. The fourth-order valence-corrected chi connectivity index (χ4v) is 6.71. The zero-order valence-electron chi connectivity index (χ0n) is 24.2. The molecule has 0 amide bonds. The number of aromatic nitrogens is 1. The molecular formula is C41H32N2. The Morgan fingerprint density at radius 2 is 1.33 bits per heavy atom. The maximum absolute atomic E-state index is 2.45. The molecule has 0 saturated heterocycles. The van der Waals surface area contributed by atoms with Crippen LogP contribution < -0.4 is 4.90 Å². The van der Waals surface area contributed by atoms with Gasteiger partial charge in [0.1, 0.15) is 0 Å². The monoisotopic (exact) mass is 552 g/mol. The molecule has 1 aliphatic heterocycles. The van der Waals surface area contributed by atoms with Gasteiger partial charge in [-0.05, 0) is 76.0 Å². The SMILES string of the molecule is CC1/C=C(c2ccc3c(c2)c2ccccc2n3-c2ccccc2)\C=C/CN(c2ccc3ccccc3c2)c2ccccc21. The molecule has 0 fully saturated rings. The van der Waals surface area contributed by atoms with E-state index in [9.17, 15) is 0 Å². The summed E-state index contributed by atoms with van der Waals surface area (Å²) in [5.41, 5.74) is 9.93. The average molecular weight is 553 g/mol. The number of hydrogen-bond donors (Lipinski definition) is 0. The van der Waals surface area contributed by atoms with Gasteiger partial charge in [-0.3, -0.25) is 0 Å². The van der Waals surface area contributed by atoms with Gasteiger partial charge in [0.2, 0.25) is 0 Å². The van der Waals surface area contributed by atoms with Gasteiger partial charge in [-0.15, -0.1) is 0 Å². The number of hydrogen-bond acceptors (Lipinski definition) is 1. The number of allylic oxidation sites excluding steroid dienone is 3. The smallest absolute Gasteiger partial charge is 0.0541 e. The average Bonchev–Trinajstić information content (AvgIpc) is 3.42. The molecule has 2 heteroatoms. The molecule has 0 bridgehead atoms. The van der Waals surface area contributed by atoms with Crippen LogP contribution in [0.25, 0.3) is 43.8 Å². The molecule has 1 atom stereocenters. The molecule has 0 spiro atoms. The number of rotatable bonds is 3. The molecule has 8 rings (SSSR count). The molecule has 2 heterocycles. The summed E-state index contributed by atoms with van der Waals surface area (Å²) in [4.78, 5) is 2.45. The Labute approximate surface area is 252 Å². The maximum Gasteiger partial charge on any atom is 0.0541 e. The van der Waals surface area contributed by atoms with Crippen LogP contribution in [-0.4, -0.2) is 11.1 Å². The summed E-state index contributed by atoms with van der Waals surface area (Å²) >= 11 is 0. The number of benzene rings is 6. The summed E-state index contributed by atoms with van der Waals surface area (Å²) in [5, 5.41) is 5.07. The summed E-state index contributed by atoms with van der Waals surface area (Å²) in [6.45, 7) is 3.10. The third-order valence-corrected chi connectivity index (χ3v) is 8.80. The van der Waals surface area contributed by atoms with Crippen LogP contribution in [0.15, 0.2) is 158 Å². The van der Waals surface area contributed by atoms with Crippen LogP contribution in [0.2, 0.25) is 0 Å². The molecule has 1 unspecified atom stereocenters. The first-order valence-corrected chi connectivity index (χ1v) is 15.1. The predicted molar refractivity (Wildman–Crippen MR) is 184 cm³/mol. The molecule has 0 radical (unpaired) electrons. The second-order valence-electron chi connectivity index (χ2n) is 11.4. The van der Waals surface area contributed by atoms with Crippen LogP contribution in [0, 0.1) is 0 Å². The van der Waals surface area contributed by atoms with Crippen LogP contribution in [0.3, 0.4) is 0 Å². The van der Waals surface area contributed by atoms with E-state index in [2.05, 4.69) is 174 Å². The molecule has 0 aliphatic carbocycles. The van der Waals surface area contributed by atoms with E-state index in [4.69, 9.17) is 0 Å². The largest absolute Gasteiger partial charge is 0.337 e. The molecule has 1 aromatic heterocycles. The lowest BCUT2D eigenvalue weighted by atomic mass is 9.93. The second kappa shape index (κ2) is 10.5. The third kappa shape index (κ3) is 4.43. The van der Waals surface area contributed by atoms with Gasteiger partial charge < -0.3 is 9.47 Å². The van der Waals surface area contributed by atoms with Gasteiger partial charge in [0.05, 0.1) is 11.0 Å². The van der Waals surface area contributed by atoms with Gasteiger partial charge in [-0.25, -0.2) is 0 Å². The van der Waals surface area contributed by atoms with Crippen molar-refractivity contribution in [3.05, 3.63) is 169 Å². The van der Waals surface area contributed by atoms with E-state index in [0.29, 0.717) is 0 Å². The Balaban J connectivity index is 1.25. The van der Waals surface area contributed by atoms with E-state index in [1.807, 2.05) is 0 Å². The van der Waals surface area contributed by atoms with E-state index in [1.165, 1.54) is 66.3 Å². The second-order valence-corrected chi connectivity index (χ2v) is 11.4. The predicted octanol–water partition coefficient (Wildman–Crippen LogP) is 10.8. The van der Waals surface area contributed by atoms with Crippen molar-refractivity contribution in [2.45, 2.75) is 12.8 Å². The summed E-state index contributed by atoms with van der Waals surface area (Å²) in [6, 6.07) is 50.6. The zero-order chi connectivity index (χ0) is 28.8. The first-order valence-electron chi connectivity index (χ1n) is 15.1. The van der Waals surface area contributed by atoms with Gasteiger partial charge >= 0.3 is 0 Å². The minimum absolute atomic E-state index is 0.235. The van der Waals surface area contributed by atoms with Crippen molar-refractivity contribution < 1.29 is 0 Å². The van der Waals surface area contributed by atoms with Gasteiger partial charge in [0.25, 0.3) is 0 Å². The maximum atomic E-state index is 2.45. The summed E-state index contributed by atoms with van der Waals surface area (Å²) < 4.78 is 2.38. The molecule has 0 saturated carbocycles. The van der Waals surface area contributed by atoms with Gasteiger partial charge in [-0.1, -0.05) is 116 Å². The van der Waals surface area contributed by atoms with Crippen LogP contribution in [0.5, 0.6) is 0 Å². The number of para-hydroxylation sites is 3. The first-order chi connectivity index (χ1) is 21.2. The minimum Gasteiger partial charge on any atom is -0.337 e. The molecular weight excluding hydrogens is 520 g/mol. The highest BCUT2D eigenvalue weighted by molar-refractivity contribution is 6.10. The van der Waals surface area contributed by atoms with Gasteiger partial charge in [0, 0.05) is 40.3 Å². The fraction of sp³-hybridized carbons (Fsp3) is 0.0732. The summed E-state index contributed by atoms with van der Waals surface area (Å²) in [7, 11) is 0. The Hall–Kier alpha value is -5.34. The van der Waals surface area contributed by atoms with Crippen LogP contribution in [0.4, 0.5) is 11.4 Å². The van der Waals surface area contributed by atoms with Gasteiger partial charge in [0.15, 0.2) is 0 Å². The topological polar surface area (TPSA) is 8.17 Å². The standard InChI is InChI=1S/C41H32N2/c1-29-26-31(33-22-24-41-38(28-33)37-18-8-10-20-40(37)43(41)34-15-3-2-4-16-34)14-11-25-42(39-19-9-7-17-36(29)39)35-23-21-30-12-5-6-13-32(30)27-35/h2-24,26-29H,25H2,1H3/b14-11-,31-26+. The number of nitrogens with zero attached hydrogens (tertiary/aromatic N) is 2. The van der Waals surface area contributed by atoms with Crippen LogP contribution >= 0.6 is 0 Å². The van der Waals surface area contributed by atoms with Gasteiger partial charge in [-0.2, -0.15) is 0 Å². The normalized spacial score (nSPS) is 17.2. The van der Waals surface area contributed by atoms with E-state index in [1.54, 1.807) is 0 Å². The Morgan fingerprint density at radius 1 is 0.581 bits per heavy atom. The van der Waals surface area contributed by atoms with E-state index in [0.717, 1.165) is 6.54 Å². The van der Waals surface area contributed by atoms with Crippen molar-refractivity contribution in [1.29, 1.82) is 0 Å². The Bertz CT molecular complexity index is 2180. The fourth-order valence-electron chi connectivity index (χ4n) is 6.71. The van der Waals surface area contributed by atoms with Crippen molar-refractivity contribution in [2.24, 2.45) is 0 Å². The molecule has 43 heavy (non-hydrogen) atoms. The van der Waals surface area contributed by atoms with E-state index >= 15 is 0 Å². The van der Waals surface area contributed by atoms with Crippen LogP contribution in [0.1, 0.15) is 24.0 Å². The van der Waals surface area contributed by atoms with E-state index in [-0.39, 0.29) is 5.92 Å². The van der Waals surface area contributed by atoms with Crippen molar-refractivity contribution >= 4 is 49.5 Å². The van der Waals surface area contributed by atoms with Crippen LogP contribution in [-0.2, 0) is 0 Å². The van der Waals surface area contributed by atoms with Crippen molar-refractivity contribution in [1.82, 2.24) is 4.57 Å². The molecule has 2 nitrogen and oxygen atoms in total. The molecule has 0 N–H and O–H groups in total. The molecule has 1 aliphatic rings. The highest BCUT2D eigenvalue weighted by atomic mass is 15.1. The molecule has 7 aromatic rings. The first kappa shape index (κ1) is 25.4. The summed E-state index contributed by atoms with van der Waals surface area (Å²) in [5.74, 6) is 0.235. The number of anilines is 2. The number of fused-ring (bicyclic) bond motifs is 5. The van der Waals surface area contributed by atoms with Crippen molar-refractivity contribution in [3.63, 3.8) is 0 Å². The Kier molecular flexibility index (Phi) is 6.19. The zero-order valence-corrected chi connectivity index (χ0v) is 24.2. The highest BCUT2D eigenvalue weighted by Crippen LogP contribution is 2.38. The van der Waals surface area contributed by atoms with E-state index < -0.39 is 0 Å². The summed E-state index contributed by atoms with van der Waals surface area (Å²) in [6.07, 6.45) is 7.05.